The second kappa shape index (κ2) is 14.5. The molecule has 9 aromatic carbocycles. The number of hydrogen-bond donors (Lipinski definition) is 0. The number of furan rings is 1. The van der Waals surface area contributed by atoms with Gasteiger partial charge in [0.05, 0.1) is 23.7 Å². The molecule has 12 rings (SSSR count). The summed E-state index contributed by atoms with van der Waals surface area (Å²) >= 11 is 0. The van der Waals surface area contributed by atoms with Gasteiger partial charge < -0.3 is 4.42 Å². The van der Waals surface area contributed by atoms with E-state index in [4.69, 9.17) is 21.2 Å². The molecule has 62 heavy (non-hydrogen) atoms. The molecule has 0 atom stereocenters. The summed E-state index contributed by atoms with van der Waals surface area (Å²) in [6.45, 7) is 0. The second-order valence-electron chi connectivity index (χ2n) is 15.7. The molecule has 3 nitrogen and oxygen atoms in total. The van der Waals surface area contributed by atoms with Crippen LogP contribution in [0, 0.1) is 0 Å². The summed E-state index contributed by atoms with van der Waals surface area (Å²) in [5.74, 6) is 0.0312. The lowest BCUT2D eigenvalue weighted by atomic mass is 9.67. The fraction of sp³-hybridized carbons (Fsp3) is 0.0169. The molecule has 0 saturated carbocycles. The van der Waals surface area contributed by atoms with Crippen molar-refractivity contribution in [1.29, 1.82) is 0 Å². The monoisotopic (exact) mass is 795 g/mol. The van der Waals surface area contributed by atoms with Crippen LogP contribution in [0.15, 0.2) is 235 Å². The molecule has 0 unspecified atom stereocenters. The summed E-state index contributed by atoms with van der Waals surface area (Å²) in [4.78, 5) is 10.4. The van der Waals surface area contributed by atoms with Crippen LogP contribution in [0.1, 0.15) is 29.1 Å². The molecule has 0 saturated heterocycles. The van der Waals surface area contributed by atoms with Crippen molar-refractivity contribution in [3.63, 3.8) is 0 Å². The van der Waals surface area contributed by atoms with E-state index in [1.807, 2.05) is 60.7 Å². The highest BCUT2D eigenvalue weighted by molar-refractivity contribution is 6.06. The van der Waals surface area contributed by atoms with Gasteiger partial charge in [-0.05, 0) is 98.1 Å². The van der Waals surface area contributed by atoms with Crippen LogP contribution in [0.3, 0.4) is 0 Å². The third-order valence-electron chi connectivity index (χ3n) is 12.3. The predicted molar refractivity (Wildman–Crippen MR) is 254 cm³/mol. The molecular weight excluding hydrogens is 753 g/mol. The summed E-state index contributed by atoms with van der Waals surface area (Å²) < 4.78 is 50.3. The Morgan fingerprint density at radius 1 is 0.387 bits per heavy atom. The van der Waals surface area contributed by atoms with Gasteiger partial charge in [-0.1, -0.05) is 188 Å². The molecule has 0 aliphatic heterocycles. The molecule has 290 valence electrons. The molecule has 1 aliphatic rings. The fourth-order valence-electron chi connectivity index (χ4n) is 9.56. The molecule has 3 heteroatoms. The van der Waals surface area contributed by atoms with Gasteiger partial charge in [-0.25, -0.2) is 9.97 Å². The zero-order valence-corrected chi connectivity index (χ0v) is 33.4. The van der Waals surface area contributed by atoms with Gasteiger partial charge in [0, 0.05) is 27.5 Å². The summed E-state index contributed by atoms with van der Waals surface area (Å²) in [7, 11) is 0. The maximum atomic E-state index is 9.13. The number of hydrogen-bond acceptors (Lipinski definition) is 3. The first-order valence-corrected chi connectivity index (χ1v) is 20.7. The molecule has 0 amide bonds. The van der Waals surface area contributed by atoms with Crippen molar-refractivity contribution in [2.45, 2.75) is 5.41 Å². The van der Waals surface area contributed by atoms with Crippen molar-refractivity contribution in [2.75, 3.05) is 0 Å². The van der Waals surface area contributed by atoms with E-state index in [1.54, 1.807) is 0 Å². The Morgan fingerprint density at radius 2 is 0.984 bits per heavy atom. The lowest BCUT2D eigenvalue weighted by molar-refractivity contribution is 0.669. The first-order valence-electron chi connectivity index (χ1n) is 23.2. The maximum Gasteiger partial charge on any atom is 0.160 e. The fourth-order valence-corrected chi connectivity index (χ4v) is 9.56. The van der Waals surface area contributed by atoms with Crippen LogP contribution in [0.2, 0.25) is 0 Å². The number of fused-ring (bicyclic) bond motifs is 6. The summed E-state index contributed by atoms with van der Waals surface area (Å²) in [5, 5.41) is 2.04. The van der Waals surface area contributed by atoms with Crippen molar-refractivity contribution in [3.8, 4) is 67.3 Å². The van der Waals surface area contributed by atoms with Crippen molar-refractivity contribution < 1.29 is 11.3 Å². The lowest BCUT2D eigenvalue weighted by Crippen LogP contribution is -2.28. The van der Waals surface area contributed by atoms with E-state index in [0.29, 0.717) is 11.4 Å². The van der Waals surface area contributed by atoms with E-state index in [2.05, 4.69) is 140 Å². The van der Waals surface area contributed by atoms with Crippen LogP contribution in [-0.2, 0) is 5.41 Å². The van der Waals surface area contributed by atoms with E-state index < -0.39 is 23.5 Å². The average molecular weight is 796 g/mol. The molecule has 0 spiro atoms. The molecule has 2 aromatic heterocycles. The first kappa shape index (κ1) is 30.8. The number of aromatic nitrogens is 2. The molecule has 0 bridgehead atoms. The van der Waals surface area contributed by atoms with Crippen LogP contribution in [0.5, 0.6) is 0 Å². The molecule has 1 aliphatic carbocycles. The van der Waals surface area contributed by atoms with E-state index in [0.717, 1.165) is 88.7 Å². The van der Waals surface area contributed by atoms with Crippen LogP contribution < -0.4 is 0 Å². The molecule has 0 fully saturated rings. The highest BCUT2D eigenvalue weighted by Gasteiger charge is 2.46. The third-order valence-corrected chi connectivity index (χ3v) is 12.3. The van der Waals surface area contributed by atoms with Gasteiger partial charge in [0.15, 0.2) is 5.82 Å². The number of benzene rings is 9. The van der Waals surface area contributed by atoms with Crippen molar-refractivity contribution in [2.24, 2.45) is 0 Å². The van der Waals surface area contributed by atoms with Gasteiger partial charge in [-0.2, -0.15) is 0 Å². The van der Waals surface area contributed by atoms with E-state index in [-0.39, 0.29) is 23.5 Å². The highest BCUT2D eigenvalue weighted by atomic mass is 16.3. The van der Waals surface area contributed by atoms with E-state index in [1.165, 1.54) is 0 Å². The molecular formula is C59H38N2O. The standard InChI is InChI=1S/C59H38N2O/c1-5-18-39(19-6-1)42-34-43(41-32-33-56-50(37-41)47-26-14-16-31-55(47)62-56)36-44(35-42)53-38-54(61-58(60-53)40-20-7-2-8-21-40)49-28-17-30-52-57(49)48-27-13-15-29-51(48)59(52,45-22-9-3-10-23-45)46-24-11-4-12-25-46/h1-38H/i2D,7D,8D,20D,21D. The highest BCUT2D eigenvalue weighted by Crippen LogP contribution is 2.58. The predicted octanol–water partition coefficient (Wildman–Crippen LogP) is 15.1. The van der Waals surface area contributed by atoms with Crippen molar-refractivity contribution >= 4 is 21.9 Å². The number of para-hydroxylation sites is 1. The zero-order valence-electron chi connectivity index (χ0n) is 38.4. The van der Waals surface area contributed by atoms with Gasteiger partial charge in [0.2, 0.25) is 0 Å². The largest absolute Gasteiger partial charge is 0.456 e. The Bertz CT molecular complexity index is 3690. The topological polar surface area (TPSA) is 38.9 Å². The molecule has 0 N–H and O–H groups in total. The Morgan fingerprint density at radius 3 is 1.76 bits per heavy atom. The van der Waals surface area contributed by atoms with Gasteiger partial charge in [-0.3, -0.25) is 0 Å². The van der Waals surface area contributed by atoms with Gasteiger partial charge in [-0.15, -0.1) is 0 Å². The SMILES string of the molecule is [2H]c1c([2H])c([2H])c(-c2nc(-c3cc(-c4ccccc4)cc(-c4ccc5oc6ccccc6c5c4)c3)cc(-c3cccc4c3-c3ccccc3C4(c3ccccc3)c3ccccc3)n2)c([2H])c1[2H]. The minimum absolute atomic E-state index is 0.0312. The van der Waals surface area contributed by atoms with Crippen molar-refractivity contribution in [1.82, 2.24) is 9.97 Å². The van der Waals surface area contributed by atoms with Crippen LogP contribution >= 0.6 is 0 Å². The molecule has 11 aromatic rings. The maximum absolute atomic E-state index is 9.13. The Labute approximate surface area is 367 Å². The van der Waals surface area contributed by atoms with Crippen LogP contribution in [-0.4, -0.2) is 9.97 Å². The smallest absolute Gasteiger partial charge is 0.160 e. The van der Waals surface area contributed by atoms with E-state index >= 15 is 0 Å². The third kappa shape index (κ3) is 5.74. The van der Waals surface area contributed by atoms with Crippen molar-refractivity contribution in [3.05, 3.63) is 253 Å². The minimum atomic E-state index is -0.670. The van der Waals surface area contributed by atoms with Crippen LogP contribution in [0.25, 0.3) is 89.2 Å². The molecule has 2 heterocycles. The number of rotatable bonds is 7. The van der Waals surface area contributed by atoms with Crippen LogP contribution in [0.4, 0.5) is 0 Å². The summed E-state index contributed by atoms with van der Waals surface area (Å²) in [5.41, 5.74) is 14.0. The van der Waals surface area contributed by atoms with Gasteiger partial charge >= 0.3 is 0 Å². The Hall–Kier alpha value is -8.14. The Balaban J connectivity index is 1.15. The summed E-state index contributed by atoms with van der Waals surface area (Å²) in [6, 6.07) is 66.7. The normalized spacial score (nSPS) is 13.8. The Kier molecular flexibility index (Phi) is 7.23. The first-order chi connectivity index (χ1) is 32.8. The molecule has 0 radical (unpaired) electrons. The van der Waals surface area contributed by atoms with Gasteiger partial charge in [0.1, 0.15) is 11.2 Å². The van der Waals surface area contributed by atoms with E-state index in [9.17, 15) is 0 Å². The quantitative estimate of drug-likeness (QED) is 0.161. The number of nitrogens with zero attached hydrogens (tertiary/aromatic N) is 2. The zero-order chi connectivity index (χ0) is 45.4. The minimum Gasteiger partial charge on any atom is -0.456 e. The average Bonchev–Trinajstić information content (AvgIpc) is 3.92. The lowest BCUT2D eigenvalue weighted by Gasteiger charge is -2.33. The second-order valence-corrected chi connectivity index (χ2v) is 15.7. The summed E-state index contributed by atoms with van der Waals surface area (Å²) in [6.07, 6.45) is 0. The van der Waals surface area contributed by atoms with Gasteiger partial charge in [0.25, 0.3) is 0 Å².